The fraction of sp³-hybridized carbons (Fsp3) is 0.520. The number of aromatic nitrogens is 4. The first-order valence-corrected chi connectivity index (χ1v) is 12.2. The number of hydrogen-bond acceptors (Lipinski definition) is 8. The Labute approximate surface area is 194 Å². The molecule has 33 heavy (non-hydrogen) atoms. The molecule has 1 saturated carbocycles. The Balaban J connectivity index is 1.39. The van der Waals surface area contributed by atoms with E-state index in [0.717, 1.165) is 74.2 Å². The second-order valence-electron chi connectivity index (χ2n) is 9.42. The number of fused-ring (bicyclic) bond motifs is 1. The van der Waals surface area contributed by atoms with Crippen LogP contribution in [0.25, 0.3) is 22.3 Å². The van der Waals surface area contributed by atoms with Gasteiger partial charge in [-0.1, -0.05) is 0 Å². The van der Waals surface area contributed by atoms with Crippen molar-refractivity contribution in [3.8, 4) is 11.4 Å². The quantitative estimate of drug-likeness (QED) is 0.597. The SMILES string of the molecule is CC(Nc1cc(-c2nc(N3CCNCC3)c3c(C4CC4)cncc3n2)ccn1)C1CCCO1. The average molecular weight is 446 g/mol. The molecule has 2 atom stereocenters. The number of nitrogens with one attached hydrogen (secondary N) is 2. The van der Waals surface area contributed by atoms with E-state index < -0.39 is 0 Å². The van der Waals surface area contributed by atoms with Gasteiger partial charge in [-0.3, -0.25) is 4.98 Å². The van der Waals surface area contributed by atoms with Crippen LogP contribution in [0.1, 0.15) is 44.1 Å². The van der Waals surface area contributed by atoms with Crippen molar-refractivity contribution in [1.29, 1.82) is 0 Å². The van der Waals surface area contributed by atoms with E-state index in [-0.39, 0.29) is 12.1 Å². The highest BCUT2D eigenvalue weighted by Gasteiger charge is 2.29. The molecule has 6 rings (SSSR count). The maximum atomic E-state index is 5.84. The molecule has 2 saturated heterocycles. The van der Waals surface area contributed by atoms with Crippen LogP contribution in [-0.4, -0.2) is 64.9 Å². The fourth-order valence-electron chi connectivity index (χ4n) is 5.00. The number of rotatable bonds is 6. The third kappa shape index (κ3) is 4.25. The van der Waals surface area contributed by atoms with Crippen molar-refractivity contribution in [2.75, 3.05) is 43.0 Å². The third-order valence-electron chi connectivity index (χ3n) is 6.97. The first-order valence-electron chi connectivity index (χ1n) is 12.2. The first-order chi connectivity index (χ1) is 16.3. The molecular formula is C25H31N7O. The molecule has 2 aliphatic heterocycles. The van der Waals surface area contributed by atoms with Gasteiger partial charge in [0.1, 0.15) is 11.6 Å². The van der Waals surface area contributed by atoms with Crippen molar-refractivity contribution in [2.24, 2.45) is 0 Å². The zero-order chi connectivity index (χ0) is 22.2. The summed E-state index contributed by atoms with van der Waals surface area (Å²) < 4.78 is 5.84. The number of piperazine rings is 1. The van der Waals surface area contributed by atoms with Crippen molar-refractivity contribution in [3.05, 3.63) is 36.3 Å². The Kier molecular flexibility index (Phi) is 5.55. The van der Waals surface area contributed by atoms with E-state index in [0.29, 0.717) is 5.92 Å². The molecule has 0 spiro atoms. The predicted octanol–water partition coefficient (Wildman–Crippen LogP) is 3.35. The molecule has 8 heteroatoms. The molecule has 0 aromatic carbocycles. The lowest BCUT2D eigenvalue weighted by atomic mass is 10.1. The van der Waals surface area contributed by atoms with Crippen molar-refractivity contribution in [3.63, 3.8) is 0 Å². The Morgan fingerprint density at radius 2 is 2.03 bits per heavy atom. The minimum Gasteiger partial charge on any atom is -0.376 e. The van der Waals surface area contributed by atoms with Crippen LogP contribution in [0, 0.1) is 0 Å². The lowest BCUT2D eigenvalue weighted by Crippen LogP contribution is -2.44. The van der Waals surface area contributed by atoms with Crippen LogP contribution >= 0.6 is 0 Å². The smallest absolute Gasteiger partial charge is 0.162 e. The van der Waals surface area contributed by atoms with Crippen molar-refractivity contribution < 1.29 is 4.74 Å². The highest BCUT2D eigenvalue weighted by Crippen LogP contribution is 2.44. The summed E-state index contributed by atoms with van der Waals surface area (Å²) in [6.45, 7) is 6.83. The number of hydrogen-bond donors (Lipinski definition) is 2. The van der Waals surface area contributed by atoms with Gasteiger partial charge in [-0.2, -0.15) is 0 Å². The number of pyridine rings is 2. The molecule has 0 radical (unpaired) electrons. The summed E-state index contributed by atoms with van der Waals surface area (Å²) >= 11 is 0. The lowest BCUT2D eigenvalue weighted by molar-refractivity contribution is 0.0995. The minimum atomic E-state index is 0.203. The van der Waals surface area contributed by atoms with Gasteiger partial charge in [0.15, 0.2) is 5.82 Å². The summed E-state index contributed by atoms with van der Waals surface area (Å²) in [6, 6.07) is 4.24. The van der Waals surface area contributed by atoms with E-state index in [4.69, 9.17) is 14.7 Å². The number of anilines is 2. The van der Waals surface area contributed by atoms with E-state index >= 15 is 0 Å². The molecule has 0 bridgehead atoms. The fourth-order valence-corrected chi connectivity index (χ4v) is 5.00. The standard InChI is InChI=1S/C25H31N7O/c1-16(21-3-2-12-33-21)29-22-13-18(6-7-28-22)24-30-20-15-27-14-19(17-4-5-17)23(20)25(31-24)32-10-8-26-9-11-32/h6-7,13-17,21,26H,2-5,8-12H2,1H3,(H,28,29). The molecule has 2 unspecified atom stereocenters. The molecule has 5 heterocycles. The normalized spacial score (nSPS) is 22.0. The molecule has 3 aromatic heterocycles. The zero-order valence-corrected chi connectivity index (χ0v) is 19.1. The highest BCUT2D eigenvalue weighted by molar-refractivity contribution is 5.94. The van der Waals surface area contributed by atoms with Crippen molar-refractivity contribution in [2.45, 2.75) is 50.7 Å². The van der Waals surface area contributed by atoms with Crippen LogP contribution < -0.4 is 15.5 Å². The third-order valence-corrected chi connectivity index (χ3v) is 6.97. The first kappa shape index (κ1) is 20.7. The molecule has 3 aliphatic rings. The Morgan fingerprint density at radius 1 is 1.15 bits per heavy atom. The van der Waals surface area contributed by atoms with Crippen molar-refractivity contribution >= 4 is 22.5 Å². The monoisotopic (exact) mass is 445 g/mol. The maximum absolute atomic E-state index is 5.84. The maximum Gasteiger partial charge on any atom is 0.162 e. The molecule has 172 valence electrons. The van der Waals surface area contributed by atoms with Gasteiger partial charge in [0.2, 0.25) is 0 Å². The molecule has 3 fully saturated rings. The van der Waals surface area contributed by atoms with E-state index in [2.05, 4.69) is 32.4 Å². The number of ether oxygens (including phenoxy) is 1. The topological polar surface area (TPSA) is 88.1 Å². The van der Waals surface area contributed by atoms with E-state index in [1.54, 1.807) is 0 Å². The second-order valence-corrected chi connectivity index (χ2v) is 9.42. The molecule has 1 aliphatic carbocycles. The largest absolute Gasteiger partial charge is 0.376 e. The Morgan fingerprint density at radius 3 is 2.82 bits per heavy atom. The molecule has 0 amide bonds. The predicted molar refractivity (Wildman–Crippen MR) is 130 cm³/mol. The van der Waals surface area contributed by atoms with Crippen LogP contribution in [-0.2, 0) is 4.74 Å². The highest BCUT2D eigenvalue weighted by atomic mass is 16.5. The summed E-state index contributed by atoms with van der Waals surface area (Å²) in [5.74, 6) is 3.18. The second kappa shape index (κ2) is 8.83. The molecular weight excluding hydrogens is 414 g/mol. The van der Waals surface area contributed by atoms with Gasteiger partial charge < -0.3 is 20.3 Å². The van der Waals surface area contributed by atoms with Gasteiger partial charge in [-0.15, -0.1) is 0 Å². The van der Waals surface area contributed by atoms with Crippen LogP contribution in [0.5, 0.6) is 0 Å². The van der Waals surface area contributed by atoms with Crippen LogP contribution in [0.15, 0.2) is 30.7 Å². The Bertz CT molecular complexity index is 1140. The van der Waals surface area contributed by atoms with Gasteiger partial charge in [-0.25, -0.2) is 15.0 Å². The van der Waals surface area contributed by atoms with Crippen LogP contribution in [0.3, 0.4) is 0 Å². The summed E-state index contributed by atoms with van der Waals surface area (Å²) in [4.78, 5) is 21.6. The van der Waals surface area contributed by atoms with E-state index in [1.807, 2.05) is 30.7 Å². The Hall–Kier alpha value is -2.84. The van der Waals surface area contributed by atoms with Gasteiger partial charge >= 0.3 is 0 Å². The van der Waals surface area contributed by atoms with Gasteiger partial charge in [0.25, 0.3) is 0 Å². The van der Waals surface area contributed by atoms with E-state index in [1.165, 1.54) is 23.8 Å². The van der Waals surface area contributed by atoms with Gasteiger partial charge in [-0.05, 0) is 56.2 Å². The zero-order valence-electron chi connectivity index (χ0n) is 19.1. The summed E-state index contributed by atoms with van der Waals surface area (Å²) in [5.41, 5.74) is 3.19. The number of nitrogens with zero attached hydrogens (tertiary/aromatic N) is 5. The van der Waals surface area contributed by atoms with Crippen LogP contribution in [0.2, 0.25) is 0 Å². The van der Waals surface area contributed by atoms with Gasteiger partial charge in [0.05, 0.1) is 23.9 Å². The van der Waals surface area contributed by atoms with Crippen molar-refractivity contribution in [1.82, 2.24) is 25.3 Å². The lowest BCUT2D eigenvalue weighted by Gasteiger charge is -2.30. The molecule has 3 aromatic rings. The summed E-state index contributed by atoms with van der Waals surface area (Å²) in [5, 5.41) is 8.15. The van der Waals surface area contributed by atoms with Gasteiger partial charge in [0, 0.05) is 56.1 Å². The minimum absolute atomic E-state index is 0.203. The summed E-state index contributed by atoms with van der Waals surface area (Å²) in [7, 11) is 0. The van der Waals surface area contributed by atoms with Crippen LogP contribution in [0.4, 0.5) is 11.6 Å². The molecule has 2 N–H and O–H groups in total. The van der Waals surface area contributed by atoms with E-state index in [9.17, 15) is 0 Å². The average Bonchev–Trinajstić information content (AvgIpc) is 3.56. The summed E-state index contributed by atoms with van der Waals surface area (Å²) in [6.07, 6.45) is 10.6. The molecule has 8 nitrogen and oxygen atoms in total.